The van der Waals surface area contributed by atoms with Gasteiger partial charge in [0, 0.05) is 11.6 Å². The summed E-state index contributed by atoms with van der Waals surface area (Å²) in [4.78, 5) is 10.7. The van der Waals surface area contributed by atoms with Crippen molar-refractivity contribution in [1.82, 2.24) is 0 Å². The van der Waals surface area contributed by atoms with E-state index in [1.807, 2.05) is 13.8 Å². The molecule has 1 unspecified atom stereocenters. The van der Waals surface area contributed by atoms with Crippen LogP contribution in [0.5, 0.6) is 0 Å². The summed E-state index contributed by atoms with van der Waals surface area (Å²) in [6.45, 7) is 7.29. The molecule has 0 radical (unpaired) electrons. The van der Waals surface area contributed by atoms with Crippen LogP contribution in [0.4, 0.5) is 0 Å². The predicted octanol–water partition coefficient (Wildman–Crippen LogP) is -0.357. The predicted molar refractivity (Wildman–Crippen MR) is 49.6 cm³/mol. The van der Waals surface area contributed by atoms with Crippen molar-refractivity contribution in [1.29, 1.82) is 0 Å². The van der Waals surface area contributed by atoms with Crippen LogP contribution in [0.1, 0.15) is 13.8 Å². The second-order valence-electron chi connectivity index (χ2n) is 2.49. The van der Waals surface area contributed by atoms with E-state index in [1.54, 1.807) is 0 Å². The zero-order valence-electron chi connectivity index (χ0n) is 7.16. The zero-order chi connectivity index (χ0) is 8.85. The van der Waals surface area contributed by atoms with Gasteiger partial charge >= 0.3 is 15.3 Å². The summed E-state index contributed by atoms with van der Waals surface area (Å²) in [6.07, 6.45) is 1.17. The van der Waals surface area contributed by atoms with Crippen LogP contribution in [-0.4, -0.2) is 25.7 Å². The third-order valence-corrected chi connectivity index (χ3v) is 4.59. The number of rotatable bonds is 4. The topological polar surface area (TPSA) is 35.5 Å². The molecule has 0 rings (SSSR count). The molecule has 11 heavy (non-hydrogen) atoms. The largest absolute Gasteiger partial charge is 0.494 e. The Labute approximate surface area is 71.8 Å². The summed E-state index contributed by atoms with van der Waals surface area (Å²) in [6, 6.07) is 0. The molecule has 64 valence electrons. The maximum absolute atomic E-state index is 10.7. The fourth-order valence-corrected chi connectivity index (χ4v) is 3.78. The van der Waals surface area contributed by atoms with Gasteiger partial charge in [-0.2, -0.15) is 0 Å². The molecule has 0 aliphatic carbocycles. The van der Waals surface area contributed by atoms with Crippen molar-refractivity contribution in [2.75, 3.05) is 0 Å². The summed E-state index contributed by atoms with van der Waals surface area (Å²) >= 11 is 0. The summed E-state index contributed by atoms with van der Waals surface area (Å²) in [5, 5.41) is 0. The van der Waals surface area contributed by atoms with Crippen molar-refractivity contribution in [2.24, 2.45) is 0 Å². The number of hydrogen-bond donors (Lipinski definition) is 0. The molecule has 0 N–H and O–H groups in total. The average molecular weight is 190 g/mol. The Morgan fingerprint density at radius 2 is 2.27 bits per heavy atom. The smallest absolute Gasteiger partial charge is 0.377 e. The first kappa shape index (κ1) is 10.6. The van der Waals surface area contributed by atoms with E-state index in [0.717, 1.165) is 0 Å². The molecule has 5 heteroatoms. The van der Waals surface area contributed by atoms with Crippen molar-refractivity contribution < 1.29 is 13.3 Å². The highest BCUT2D eigenvalue weighted by Gasteiger charge is 2.19. The highest BCUT2D eigenvalue weighted by atomic mass is 28.3. The fourth-order valence-electron chi connectivity index (χ4n) is 0.619. The van der Waals surface area contributed by atoms with E-state index >= 15 is 0 Å². The molecule has 0 fully saturated rings. The summed E-state index contributed by atoms with van der Waals surface area (Å²) < 4.78 is 10.2. The minimum Gasteiger partial charge on any atom is -0.494 e. The van der Waals surface area contributed by atoms with Crippen LogP contribution < -0.4 is 0 Å². The van der Waals surface area contributed by atoms with E-state index in [4.69, 9.17) is 8.54 Å². The van der Waals surface area contributed by atoms with Crippen LogP contribution in [0.25, 0.3) is 0 Å². The van der Waals surface area contributed by atoms with Gasteiger partial charge in [-0.1, -0.05) is 20.4 Å². The monoisotopic (exact) mass is 190 g/mol. The third kappa shape index (κ3) is 4.12. The molecule has 0 amide bonds. The average Bonchev–Trinajstić information content (AvgIpc) is 1.99. The van der Waals surface area contributed by atoms with Gasteiger partial charge in [0.2, 0.25) is 0 Å². The van der Waals surface area contributed by atoms with Crippen LogP contribution in [0.15, 0.2) is 12.7 Å². The summed E-state index contributed by atoms with van der Waals surface area (Å²) in [7, 11) is -1.09. The van der Waals surface area contributed by atoms with E-state index in [1.165, 1.54) is 6.08 Å². The quantitative estimate of drug-likeness (QED) is 0.449. The summed E-state index contributed by atoms with van der Waals surface area (Å²) in [5.41, 5.74) is 0.330. The van der Waals surface area contributed by atoms with Gasteiger partial charge in [-0.05, 0) is 0 Å². The van der Waals surface area contributed by atoms with Crippen LogP contribution in [0.3, 0.4) is 0 Å². The minimum atomic E-state index is -1.72. The van der Waals surface area contributed by atoms with Gasteiger partial charge in [-0.3, -0.25) is 0 Å². The SMILES string of the molecule is C=CC(=O)O[SiH](O[SiH3])C(C)C. The number of hydrogen-bond acceptors (Lipinski definition) is 3. The van der Waals surface area contributed by atoms with Crippen molar-refractivity contribution >= 4 is 25.7 Å². The van der Waals surface area contributed by atoms with E-state index in [2.05, 4.69) is 6.58 Å². The lowest BCUT2D eigenvalue weighted by atomic mass is 10.6. The zero-order valence-corrected chi connectivity index (χ0v) is 10.3. The van der Waals surface area contributed by atoms with Crippen molar-refractivity contribution in [3.05, 3.63) is 12.7 Å². The molecular weight excluding hydrogens is 176 g/mol. The molecular formula is C6H14O3Si2. The molecule has 0 spiro atoms. The molecule has 3 nitrogen and oxygen atoms in total. The van der Waals surface area contributed by atoms with Crippen molar-refractivity contribution in [3.8, 4) is 0 Å². The second-order valence-corrected chi connectivity index (χ2v) is 6.68. The Bertz CT molecular complexity index is 147. The Kier molecular flexibility index (Phi) is 5.09. The van der Waals surface area contributed by atoms with E-state index in [9.17, 15) is 4.79 Å². The van der Waals surface area contributed by atoms with E-state index in [-0.39, 0.29) is 5.97 Å². The van der Waals surface area contributed by atoms with Gasteiger partial charge in [-0.15, -0.1) is 0 Å². The molecule has 0 saturated heterocycles. The van der Waals surface area contributed by atoms with Gasteiger partial charge in [0.05, 0.1) is 0 Å². The van der Waals surface area contributed by atoms with Crippen LogP contribution in [-0.2, 0) is 13.3 Å². The molecule has 0 heterocycles. The first-order valence-corrected chi connectivity index (χ1v) is 5.90. The molecule has 1 atom stereocenters. The maximum atomic E-state index is 10.7. The lowest BCUT2D eigenvalue weighted by molar-refractivity contribution is -0.130. The second kappa shape index (κ2) is 5.28. The van der Waals surface area contributed by atoms with Gasteiger partial charge in [0.15, 0.2) is 0 Å². The fraction of sp³-hybridized carbons (Fsp3) is 0.500. The molecule has 0 aliphatic rings. The lowest BCUT2D eigenvalue weighted by Crippen LogP contribution is -2.27. The molecule has 0 saturated carbocycles. The normalized spacial score (nSPS) is 13.0. The van der Waals surface area contributed by atoms with E-state index in [0.29, 0.717) is 16.0 Å². The molecule has 0 aromatic heterocycles. The van der Waals surface area contributed by atoms with Crippen LogP contribution in [0.2, 0.25) is 5.54 Å². The van der Waals surface area contributed by atoms with Crippen LogP contribution >= 0.6 is 0 Å². The highest BCUT2D eigenvalue weighted by Crippen LogP contribution is 2.08. The number of carbonyl (C=O) groups excluding carboxylic acids is 1. The Balaban J connectivity index is 3.87. The van der Waals surface area contributed by atoms with Crippen molar-refractivity contribution in [2.45, 2.75) is 19.4 Å². The summed E-state index contributed by atoms with van der Waals surface area (Å²) in [5.74, 6) is -0.369. The Morgan fingerprint density at radius 3 is 2.55 bits per heavy atom. The Morgan fingerprint density at radius 1 is 1.73 bits per heavy atom. The molecule has 0 bridgehead atoms. The van der Waals surface area contributed by atoms with Gasteiger partial charge in [0.25, 0.3) is 0 Å². The Hall–Kier alpha value is -0.396. The highest BCUT2D eigenvalue weighted by molar-refractivity contribution is 6.52. The third-order valence-electron chi connectivity index (χ3n) is 1.18. The molecule has 0 aliphatic heterocycles. The molecule has 0 aromatic rings. The van der Waals surface area contributed by atoms with Gasteiger partial charge in [-0.25, -0.2) is 4.79 Å². The first-order chi connectivity index (χ1) is 5.11. The van der Waals surface area contributed by atoms with Gasteiger partial charge < -0.3 is 8.54 Å². The van der Waals surface area contributed by atoms with E-state index < -0.39 is 9.28 Å². The van der Waals surface area contributed by atoms with Crippen molar-refractivity contribution in [3.63, 3.8) is 0 Å². The first-order valence-electron chi connectivity index (χ1n) is 3.47. The van der Waals surface area contributed by atoms with Gasteiger partial charge in [0.1, 0.15) is 10.5 Å². The van der Waals surface area contributed by atoms with Crippen LogP contribution in [0, 0.1) is 0 Å². The standard InChI is InChI=1S/C6H14O3Si2/c1-4-6(7)8-11(9-10)5(2)3/h4-5,11H,1H2,2-3,10H3. The minimum absolute atomic E-state index is 0.330. The maximum Gasteiger partial charge on any atom is 0.377 e. The molecule has 0 aromatic carbocycles. The lowest BCUT2D eigenvalue weighted by Gasteiger charge is -2.16. The number of carbonyl (C=O) groups is 1.